The van der Waals surface area contributed by atoms with Gasteiger partial charge in [-0.2, -0.15) is 0 Å². The normalized spacial score (nSPS) is 16.4. The fraction of sp³-hybridized carbons (Fsp3) is 0.500. The lowest BCUT2D eigenvalue weighted by molar-refractivity contribution is 0.144. The number of aromatic nitrogens is 2. The van der Waals surface area contributed by atoms with E-state index >= 15 is 0 Å². The molecule has 0 radical (unpaired) electrons. The van der Waals surface area contributed by atoms with Crippen molar-refractivity contribution in [2.45, 2.75) is 6.42 Å². The van der Waals surface area contributed by atoms with Crippen molar-refractivity contribution in [3.63, 3.8) is 0 Å². The number of halogens is 1. The third-order valence-electron chi connectivity index (χ3n) is 2.36. The number of nitrogens with zero attached hydrogens (tertiary/aromatic N) is 3. The van der Waals surface area contributed by atoms with Gasteiger partial charge in [-0.05, 0) is 22.4 Å². The molecule has 0 saturated carbocycles. The highest BCUT2D eigenvalue weighted by Crippen LogP contribution is 2.08. The minimum atomic E-state index is -0.160. The smallest absolute Gasteiger partial charge is 0.323 e. The number of nitrogens with one attached hydrogen (secondary N) is 1. The Balaban J connectivity index is 1.93. The molecule has 7 heteroatoms. The Hall–Kier alpha value is -1.21. The van der Waals surface area contributed by atoms with Crippen LogP contribution < -0.4 is 5.32 Å². The SMILES string of the molecule is O=C(Nc1cnc(Br)cn1)N1CCCOCC1. The summed E-state index contributed by atoms with van der Waals surface area (Å²) in [6.07, 6.45) is 3.91. The summed E-state index contributed by atoms with van der Waals surface area (Å²) >= 11 is 3.19. The van der Waals surface area contributed by atoms with Crippen molar-refractivity contribution in [3.05, 3.63) is 17.0 Å². The first-order valence-corrected chi connectivity index (χ1v) is 6.16. The third kappa shape index (κ3) is 3.64. The van der Waals surface area contributed by atoms with Crippen molar-refractivity contribution >= 4 is 27.8 Å². The summed E-state index contributed by atoms with van der Waals surface area (Å²) < 4.78 is 5.92. The van der Waals surface area contributed by atoms with Gasteiger partial charge in [0.2, 0.25) is 0 Å². The summed E-state index contributed by atoms with van der Waals surface area (Å²) in [7, 11) is 0. The molecule has 1 aromatic rings. The zero-order valence-corrected chi connectivity index (χ0v) is 10.8. The van der Waals surface area contributed by atoms with E-state index in [1.807, 2.05) is 0 Å². The number of anilines is 1. The molecule has 0 unspecified atom stereocenters. The molecule has 2 rings (SSSR count). The van der Waals surface area contributed by atoms with Gasteiger partial charge in [-0.1, -0.05) is 0 Å². The standard InChI is InChI=1S/C10H13BrN4O2/c11-8-6-13-9(7-12-8)14-10(16)15-2-1-4-17-5-3-15/h6-7H,1-5H2,(H,13,14,16). The molecule has 0 aromatic carbocycles. The van der Waals surface area contributed by atoms with Gasteiger partial charge in [0.1, 0.15) is 4.60 Å². The van der Waals surface area contributed by atoms with Crippen LogP contribution in [-0.2, 0) is 4.74 Å². The molecule has 2 amide bonds. The van der Waals surface area contributed by atoms with Crippen molar-refractivity contribution in [2.24, 2.45) is 0 Å². The Morgan fingerprint density at radius 1 is 1.35 bits per heavy atom. The van der Waals surface area contributed by atoms with Gasteiger partial charge < -0.3 is 9.64 Å². The first-order valence-electron chi connectivity index (χ1n) is 5.37. The average Bonchev–Trinajstić information content (AvgIpc) is 2.61. The van der Waals surface area contributed by atoms with E-state index in [4.69, 9.17) is 4.74 Å². The van der Waals surface area contributed by atoms with E-state index in [1.54, 1.807) is 11.1 Å². The minimum Gasteiger partial charge on any atom is -0.380 e. The van der Waals surface area contributed by atoms with Crippen LogP contribution in [0.1, 0.15) is 6.42 Å². The van der Waals surface area contributed by atoms with Crippen molar-refractivity contribution in [2.75, 3.05) is 31.6 Å². The van der Waals surface area contributed by atoms with Crippen LogP contribution in [0.25, 0.3) is 0 Å². The van der Waals surface area contributed by atoms with Gasteiger partial charge in [0.25, 0.3) is 0 Å². The molecular weight excluding hydrogens is 288 g/mol. The van der Waals surface area contributed by atoms with Gasteiger partial charge in [0.15, 0.2) is 5.82 Å². The molecule has 17 heavy (non-hydrogen) atoms. The summed E-state index contributed by atoms with van der Waals surface area (Å²) in [5.41, 5.74) is 0. The largest absolute Gasteiger partial charge is 0.380 e. The fourth-order valence-corrected chi connectivity index (χ4v) is 1.72. The Morgan fingerprint density at radius 2 is 2.24 bits per heavy atom. The average molecular weight is 301 g/mol. The Labute approximate surface area is 108 Å². The quantitative estimate of drug-likeness (QED) is 0.853. The monoisotopic (exact) mass is 300 g/mol. The molecule has 1 N–H and O–H groups in total. The molecule has 6 nitrogen and oxygen atoms in total. The van der Waals surface area contributed by atoms with Crippen LogP contribution in [0.5, 0.6) is 0 Å². The molecular formula is C10H13BrN4O2. The lowest BCUT2D eigenvalue weighted by Crippen LogP contribution is -2.36. The van der Waals surface area contributed by atoms with Gasteiger partial charge >= 0.3 is 6.03 Å². The second-order valence-corrected chi connectivity index (χ2v) is 4.42. The van der Waals surface area contributed by atoms with Crippen LogP contribution in [0.15, 0.2) is 17.0 Å². The number of carbonyl (C=O) groups is 1. The van der Waals surface area contributed by atoms with Crippen LogP contribution in [0, 0.1) is 0 Å². The molecule has 0 spiro atoms. The maximum atomic E-state index is 11.9. The van der Waals surface area contributed by atoms with Crippen molar-refractivity contribution in [1.82, 2.24) is 14.9 Å². The molecule has 1 aliphatic heterocycles. The van der Waals surface area contributed by atoms with Gasteiger partial charge in [-0.3, -0.25) is 5.32 Å². The van der Waals surface area contributed by atoms with E-state index in [0.717, 1.165) is 6.42 Å². The fourth-order valence-electron chi connectivity index (χ4n) is 1.51. The molecule has 2 heterocycles. The van der Waals surface area contributed by atoms with E-state index in [2.05, 4.69) is 31.2 Å². The van der Waals surface area contributed by atoms with Gasteiger partial charge in [-0.25, -0.2) is 14.8 Å². The minimum absolute atomic E-state index is 0.160. The van der Waals surface area contributed by atoms with Crippen LogP contribution in [0.3, 0.4) is 0 Å². The first kappa shape index (κ1) is 12.3. The highest BCUT2D eigenvalue weighted by atomic mass is 79.9. The molecule has 0 atom stereocenters. The third-order valence-corrected chi connectivity index (χ3v) is 2.77. The molecule has 92 valence electrons. The highest BCUT2D eigenvalue weighted by Gasteiger charge is 2.15. The molecule has 0 bridgehead atoms. The second kappa shape index (κ2) is 5.92. The summed E-state index contributed by atoms with van der Waals surface area (Å²) in [6, 6.07) is -0.160. The number of rotatable bonds is 1. The maximum Gasteiger partial charge on any atom is 0.323 e. The van der Waals surface area contributed by atoms with Gasteiger partial charge in [0.05, 0.1) is 19.0 Å². The first-order chi connectivity index (χ1) is 8.25. The van der Waals surface area contributed by atoms with Crippen LogP contribution in [0.4, 0.5) is 10.6 Å². The lowest BCUT2D eigenvalue weighted by atomic mass is 10.4. The maximum absolute atomic E-state index is 11.9. The van der Waals surface area contributed by atoms with Crippen LogP contribution in [-0.4, -0.2) is 47.2 Å². The van der Waals surface area contributed by atoms with Crippen LogP contribution >= 0.6 is 15.9 Å². The summed E-state index contributed by atoms with van der Waals surface area (Å²) in [6.45, 7) is 2.60. The van der Waals surface area contributed by atoms with Crippen molar-refractivity contribution in [1.29, 1.82) is 0 Å². The summed E-state index contributed by atoms with van der Waals surface area (Å²) in [4.78, 5) is 21.6. The zero-order chi connectivity index (χ0) is 12.1. The second-order valence-electron chi connectivity index (χ2n) is 3.61. The predicted octanol–water partition coefficient (Wildman–Crippen LogP) is 1.49. The van der Waals surface area contributed by atoms with E-state index < -0.39 is 0 Å². The highest BCUT2D eigenvalue weighted by molar-refractivity contribution is 9.10. The van der Waals surface area contributed by atoms with E-state index in [1.165, 1.54) is 6.20 Å². The van der Waals surface area contributed by atoms with Gasteiger partial charge in [-0.15, -0.1) is 0 Å². The number of carbonyl (C=O) groups excluding carboxylic acids is 1. The molecule has 1 saturated heterocycles. The predicted molar refractivity (Wildman–Crippen MR) is 65.8 cm³/mol. The molecule has 0 aliphatic carbocycles. The zero-order valence-electron chi connectivity index (χ0n) is 9.23. The Morgan fingerprint density at radius 3 is 3.00 bits per heavy atom. The molecule has 1 aromatic heterocycles. The van der Waals surface area contributed by atoms with Crippen molar-refractivity contribution < 1.29 is 9.53 Å². The Bertz CT molecular complexity index is 376. The summed E-state index contributed by atoms with van der Waals surface area (Å²) in [5, 5.41) is 2.70. The summed E-state index contributed by atoms with van der Waals surface area (Å²) in [5.74, 6) is 0.448. The van der Waals surface area contributed by atoms with Crippen molar-refractivity contribution in [3.8, 4) is 0 Å². The topological polar surface area (TPSA) is 67.4 Å². The lowest BCUT2D eigenvalue weighted by Gasteiger charge is -2.19. The van der Waals surface area contributed by atoms with E-state index in [-0.39, 0.29) is 6.03 Å². The number of hydrogen-bond acceptors (Lipinski definition) is 4. The van der Waals surface area contributed by atoms with E-state index in [0.29, 0.717) is 36.7 Å². The van der Waals surface area contributed by atoms with Gasteiger partial charge in [0, 0.05) is 19.7 Å². The molecule has 1 aliphatic rings. The Kier molecular flexibility index (Phi) is 4.27. The number of urea groups is 1. The van der Waals surface area contributed by atoms with Crippen LogP contribution in [0.2, 0.25) is 0 Å². The number of hydrogen-bond donors (Lipinski definition) is 1. The molecule has 1 fully saturated rings. The number of amides is 2. The number of ether oxygens (including phenoxy) is 1. The van der Waals surface area contributed by atoms with E-state index in [9.17, 15) is 4.79 Å².